The second-order valence-corrected chi connectivity index (χ2v) is 4.82. The maximum atomic E-state index is 5.83. The molecule has 0 spiro atoms. The first-order chi connectivity index (χ1) is 6.65. The molecule has 0 aliphatic heterocycles. The van der Waals surface area contributed by atoms with Crippen LogP contribution < -0.4 is 0 Å². The Morgan fingerprint density at radius 1 is 1.21 bits per heavy atom. The van der Waals surface area contributed by atoms with E-state index < -0.39 is 0 Å². The molecule has 0 atom stereocenters. The van der Waals surface area contributed by atoms with E-state index in [9.17, 15) is 0 Å². The average Bonchev–Trinajstić information content (AvgIpc) is 2.50. The zero-order valence-electron chi connectivity index (χ0n) is 7.29. The van der Waals surface area contributed by atoms with Crippen LogP contribution in [0, 0.1) is 6.92 Å². The topological polar surface area (TPSA) is 25.8 Å². The zero-order chi connectivity index (χ0) is 10.1. The van der Waals surface area contributed by atoms with Crippen LogP contribution in [0.2, 0.25) is 9.62 Å². The van der Waals surface area contributed by atoms with Crippen LogP contribution in [0.1, 0.15) is 5.69 Å². The minimum Gasteiger partial charge on any atom is -0.223 e. The van der Waals surface area contributed by atoms with Gasteiger partial charge in [-0.15, -0.1) is 11.3 Å². The van der Waals surface area contributed by atoms with E-state index >= 15 is 0 Å². The number of rotatable bonds is 1. The number of aryl methyl sites for hydroxylation is 1. The normalized spacial score (nSPS) is 10.5. The molecule has 2 nitrogen and oxygen atoms in total. The molecule has 0 amide bonds. The van der Waals surface area contributed by atoms with Crippen LogP contribution in [0.5, 0.6) is 0 Å². The van der Waals surface area contributed by atoms with Gasteiger partial charge in [0.1, 0.15) is 0 Å². The molecule has 0 saturated carbocycles. The van der Waals surface area contributed by atoms with E-state index in [0.29, 0.717) is 0 Å². The highest BCUT2D eigenvalue weighted by Crippen LogP contribution is 2.30. The quantitative estimate of drug-likeness (QED) is 0.713. The summed E-state index contributed by atoms with van der Waals surface area (Å²) in [5.41, 5.74) is 1.67. The summed E-state index contributed by atoms with van der Waals surface area (Å²) in [6.07, 6.45) is 0. The molecule has 14 heavy (non-hydrogen) atoms. The SMILES string of the molecule is Cc1cc(-c2ccc(Cl)s2)nc(Cl)n1. The maximum Gasteiger partial charge on any atom is 0.223 e. The number of nitrogens with zero attached hydrogens (tertiary/aromatic N) is 2. The number of aromatic nitrogens is 2. The van der Waals surface area contributed by atoms with Gasteiger partial charge in [-0.3, -0.25) is 0 Å². The lowest BCUT2D eigenvalue weighted by Crippen LogP contribution is -1.88. The molecule has 0 saturated heterocycles. The fourth-order valence-corrected chi connectivity index (χ4v) is 2.34. The number of thiophene rings is 1. The molecular formula is C9H6Cl2N2S. The first kappa shape index (κ1) is 9.90. The van der Waals surface area contributed by atoms with Gasteiger partial charge in [0.15, 0.2) is 0 Å². The highest BCUT2D eigenvalue weighted by molar-refractivity contribution is 7.19. The predicted octanol–water partition coefficient (Wildman–Crippen LogP) is 3.82. The lowest BCUT2D eigenvalue weighted by Gasteiger charge is -1.98. The van der Waals surface area contributed by atoms with Crippen molar-refractivity contribution in [1.29, 1.82) is 0 Å². The van der Waals surface area contributed by atoms with Crippen LogP contribution in [0.15, 0.2) is 18.2 Å². The number of hydrogen-bond acceptors (Lipinski definition) is 3. The van der Waals surface area contributed by atoms with Gasteiger partial charge in [-0.05, 0) is 36.7 Å². The van der Waals surface area contributed by atoms with Gasteiger partial charge >= 0.3 is 0 Å². The summed E-state index contributed by atoms with van der Waals surface area (Å²) in [7, 11) is 0. The van der Waals surface area contributed by atoms with Crippen molar-refractivity contribution >= 4 is 34.5 Å². The lowest BCUT2D eigenvalue weighted by atomic mass is 10.3. The Kier molecular flexibility index (Phi) is 2.72. The molecule has 72 valence electrons. The Morgan fingerprint density at radius 2 is 2.00 bits per heavy atom. The third kappa shape index (κ3) is 2.05. The molecule has 0 aliphatic rings. The lowest BCUT2D eigenvalue weighted by molar-refractivity contribution is 1.11. The molecule has 0 N–H and O–H groups in total. The molecule has 0 fully saturated rings. The van der Waals surface area contributed by atoms with E-state index in [4.69, 9.17) is 23.2 Å². The second kappa shape index (κ2) is 3.85. The van der Waals surface area contributed by atoms with Gasteiger partial charge in [-0.2, -0.15) is 0 Å². The Morgan fingerprint density at radius 3 is 2.57 bits per heavy atom. The summed E-state index contributed by atoms with van der Waals surface area (Å²) in [5, 5.41) is 0.268. The molecule has 5 heteroatoms. The Labute approximate surface area is 95.5 Å². The molecule has 2 aromatic rings. The summed E-state index contributed by atoms with van der Waals surface area (Å²) in [6, 6.07) is 5.64. The van der Waals surface area contributed by atoms with Gasteiger partial charge in [0.25, 0.3) is 0 Å². The minimum atomic E-state index is 0.268. The summed E-state index contributed by atoms with van der Waals surface area (Å²) in [6.45, 7) is 1.88. The van der Waals surface area contributed by atoms with E-state index in [-0.39, 0.29) is 5.28 Å². The highest BCUT2D eigenvalue weighted by Gasteiger charge is 2.05. The van der Waals surface area contributed by atoms with Crippen molar-refractivity contribution in [1.82, 2.24) is 9.97 Å². The molecule has 2 rings (SSSR count). The van der Waals surface area contributed by atoms with Crippen molar-refractivity contribution in [2.45, 2.75) is 6.92 Å². The fourth-order valence-electron chi connectivity index (χ4n) is 1.11. The summed E-state index contributed by atoms with van der Waals surface area (Å²) >= 11 is 13.1. The van der Waals surface area contributed by atoms with Gasteiger partial charge in [0.05, 0.1) is 14.9 Å². The van der Waals surface area contributed by atoms with Crippen molar-refractivity contribution in [3.8, 4) is 10.6 Å². The van der Waals surface area contributed by atoms with Gasteiger partial charge in [-0.25, -0.2) is 9.97 Å². The van der Waals surface area contributed by atoms with E-state index in [1.54, 1.807) is 0 Å². The summed E-state index contributed by atoms with van der Waals surface area (Å²) < 4.78 is 0.743. The Bertz CT molecular complexity index is 447. The molecule has 2 aromatic heterocycles. The first-order valence-electron chi connectivity index (χ1n) is 3.92. The molecule has 0 aromatic carbocycles. The molecular weight excluding hydrogens is 239 g/mol. The number of halogens is 2. The van der Waals surface area contributed by atoms with Crippen LogP contribution in [-0.2, 0) is 0 Å². The second-order valence-electron chi connectivity index (χ2n) is 2.77. The van der Waals surface area contributed by atoms with Crippen molar-refractivity contribution < 1.29 is 0 Å². The Balaban J connectivity index is 2.51. The molecule has 0 radical (unpaired) electrons. The molecule has 2 heterocycles. The fraction of sp³-hybridized carbons (Fsp3) is 0.111. The third-order valence-corrected chi connectivity index (χ3v) is 3.08. The number of hydrogen-bond donors (Lipinski definition) is 0. The van der Waals surface area contributed by atoms with Crippen molar-refractivity contribution in [2.24, 2.45) is 0 Å². The van der Waals surface area contributed by atoms with E-state index in [1.807, 2.05) is 25.1 Å². The highest BCUT2D eigenvalue weighted by atomic mass is 35.5. The van der Waals surface area contributed by atoms with Gasteiger partial charge < -0.3 is 0 Å². The smallest absolute Gasteiger partial charge is 0.223 e. The minimum absolute atomic E-state index is 0.268. The van der Waals surface area contributed by atoms with Crippen LogP contribution in [0.25, 0.3) is 10.6 Å². The first-order valence-corrected chi connectivity index (χ1v) is 5.49. The molecule has 0 unspecified atom stereocenters. The van der Waals surface area contributed by atoms with E-state index in [2.05, 4.69) is 9.97 Å². The van der Waals surface area contributed by atoms with Crippen molar-refractivity contribution in [3.63, 3.8) is 0 Å². The van der Waals surface area contributed by atoms with Crippen LogP contribution in [-0.4, -0.2) is 9.97 Å². The van der Waals surface area contributed by atoms with Crippen LogP contribution in [0.4, 0.5) is 0 Å². The summed E-state index contributed by atoms with van der Waals surface area (Å²) in [4.78, 5) is 9.12. The molecule has 0 bridgehead atoms. The third-order valence-electron chi connectivity index (χ3n) is 1.65. The van der Waals surface area contributed by atoms with Crippen molar-refractivity contribution in [2.75, 3.05) is 0 Å². The Hall–Kier alpha value is -0.640. The summed E-state index contributed by atoms with van der Waals surface area (Å²) in [5.74, 6) is 0. The van der Waals surface area contributed by atoms with Gasteiger partial charge in [0, 0.05) is 5.69 Å². The van der Waals surface area contributed by atoms with Crippen LogP contribution >= 0.6 is 34.5 Å². The largest absolute Gasteiger partial charge is 0.223 e. The molecule has 0 aliphatic carbocycles. The standard InChI is InChI=1S/C9H6Cl2N2S/c1-5-4-6(13-9(11)12-5)7-2-3-8(10)14-7/h2-4H,1H3. The van der Waals surface area contributed by atoms with Gasteiger partial charge in [-0.1, -0.05) is 11.6 Å². The van der Waals surface area contributed by atoms with Crippen molar-refractivity contribution in [3.05, 3.63) is 33.5 Å². The zero-order valence-corrected chi connectivity index (χ0v) is 9.62. The maximum absolute atomic E-state index is 5.83. The average molecular weight is 245 g/mol. The van der Waals surface area contributed by atoms with Crippen LogP contribution in [0.3, 0.4) is 0 Å². The monoisotopic (exact) mass is 244 g/mol. The predicted molar refractivity (Wildman–Crippen MR) is 60.1 cm³/mol. The van der Waals surface area contributed by atoms with E-state index in [1.165, 1.54) is 11.3 Å². The van der Waals surface area contributed by atoms with E-state index in [0.717, 1.165) is 20.6 Å². The van der Waals surface area contributed by atoms with Gasteiger partial charge in [0.2, 0.25) is 5.28 Å².